The minimum Gasteiger partial charge on any atom is -0.344 e. The average Bonchev–Trinajstić information content (AvgIpc) is 3.44. The molecule has 2 aromatic rings. The quantitative estimate of drug-likeness (QED) is 0.244. The van der Waals surface area contributed by atoms with E-state index in [1.807, 2.05) is 37.3 Å². The molecule has 0 spiro atoms. The molecule has 3 N–H and O–H groups in total. The molecule has 0 radical (unpaired) electrons. The van der Waals surface area contributed by atoms with Gasteiger partial charge in [0.25, 0.3) is 5.91 Å². The number of hydrogen-bond acceptors (Lipinski definition) is 7. The van der Waals surface area contributed by atoms with E-state index in [2.05, 4.69) is 16.0 Å². The number of nitrogens with one attached hydrogen (secondary N) is 3. The van der Waals surface area contributed by atoms with Gasteiger partial charge < -0.3 is 20.9 Å². The van der Waals surface area contributed by atoms with Crippen LogP contribution in [0.3, 0.4) is 0 Å². The molecule has 2 aliphatic rings. The number of rotatable bonds is 15. The molecule has 1 saturated carbocycles. The summed E-state index contributed by atoms with van der Waals surface area (Å²) in [6.45, 7) is 4.49. The molecule has 49 heavy (non-hydrogen) atoms. The predicted molar refractivity (Wildman–Crippen MR) is 181 cm³/mol. The van der Waals surface area contributed by atoms with Crippen LogP contribution in [-0.2, 0) is 35.3 Å². The molecule has 6 amide bonds. The molecule has 262 valence electrons. The first-order valence-electron chi connectivity index (χ1n) is 17.1. The van der Waals surface area contributed by atoms with Crippen LogP contribution in [-0.4, -0.2) is 76.2 Å². The fourth-order valence-electron chi connectivity index (χ4n) is 6.60. The van der Waals surface area contributed by atoms with E-state index in [1.54, 1.807) is 37.3 Å². The lowest BCUT2D eigenvalue weighted by Gasteiger charge is -2.31. The number of benzene rings is 2. The first kappa shape index (κ1) is 37.0. The Morgan fingerprint density at radius 3 is 2.12 bits per heavy atom. The number of imide groups is 1. The van der Waals surface area contributed by atoms with Gasteiger partial charge in [0.1, 0.15) is 12.1 Å². The molecule has 12 nitrogen and oxygen atoms in total. The zero-order valence-corrected chi connectivity index (χ0v) is 28.5. The van der Waals surface area contributed by atoms with Crippen LogP contribution >= 0.6 is 0 Å². The van der Waals surface area contributed by atoms with E-state index >= 15 is 0 Å². The van der Waals surface area contributed by atoms with Crippen molar-refractivity contribution in [3.8, 4) is 0 Å². The van der Waals surface area contributed by atoms with Gasteiger partial charge in [0.2, 0.25) is 23.5 Å². The lowest BCUT2D eigenvalue weighted by Crippen LogP contribution is -2.55. The number of urea groups is 1. The number of Topliss-reactive ketones (excluding diaryl/α,β-unsaturated/α-hetero) is 2. The lowest BCUT2D eigenvalue weighted by atomic mass is 9.80. The highest BCUT2D eigenvalue weighted by Crippen LogP contribution is 2.33. The highest BCUT2D eigenvalue weighted by Gasteiger charge is 2.47. The molecule has 1 heterocycles. The summed E-state index contributed by atoms with van der Waals surface area (Å²) in [7, 11) is 0. The van der Waals surface area contributed by atoms with Crippen molar-refractivity contribution in [2.75, 3.05) is 13.1 Å². The van der Waals surface area contributed by atoms with E-state index in [1.165, 1.54) is 11.8 Å². The largest absolute Gasteiger partial charge is 0.344 e. The third-order valence-electron chi connectivity index (χ3n) is 9.37. The summed E-state index contributed by atoms with van der Waals surface area (Å²) in [5.74, 6) is -4.52. The van der Waals surface area contributed by atoms with Gasteiger partial charge >= 0.3 is 6.03 Å². The lowest BCUT2D eigenvalue weighted by molar-refractivity contribution is -0.142. The van der Waals surface area contributed by atoms with Gasteiger partial charge in [-0.25, -0.2) is 9.69 Å². The van der Waals surface area contributed by atoms with Crippen LogP contribution in [0.2, 0.25) is 0 Å². The van der Waals surface area contributed by atoms with Crippen LogP contribution in [0.5, 0.6) is 0 Å². The summed E-state index contributed by atoms with van der Waals surface area (Å²) in [6, 6.07) is 13.9. The molecule has 2 fully saturated rings. The van der Waals surface area contributed by atoms with Gasteiger partial charge in [0.15, 0.2) is 5.78 Å². The topological polar surface area (TPSA) is 162 Å². The van der Waals surface area contributed by atoms with Crippen molar-refractivity contribution in [1.29, 1.82) is 0 Å². The van der Waals surface area contributed by atoms with E-state index in [9.17, 15) is 33.6 Å². The smallest absolute Gasteiger partial charge is 0.327 e. The molecule has 1 aliphatic heterocycles. The van der Waals surface area contributed by atoms with Gasteiger partial charge in [-0.05, 0) is 43.2 Å². The summed E-state index contributed by atoms with van der Waals surface area (Å²) in [4.78, 5) is 94.9. The monoisotopic (exact) mass is 673 g/mol. The summed E-state index contributed by atoms with van der Waals surface area (Å²) >= 11 is 0. The summed E-state index contributed by atoms with van der Waals surface area (Å²) in [5, 5.41) is 7.49. The number of hydrogen-bond donors (Lipinski definition) is 3. The Morgan fingerprint density at radius 1 is 0.878 bits per heavy atom. The Bertz CT molecular complexity index is 1510. The molecule has 4 rings (SSSR count). The van der Waals surface area contributed by atoms with Crippen molar-refractivity contribution in [2.45, 2.75) is 90.4 Å². The van der Waals surface area contributed by atoms with Crippen molar-refractivity contribution >= 4 is 41.2 Å². The number of carbonyl (C=O) groups is 7. The van der Waals surface area contributed by atoms with Crippen LogP contribution in [0.15, 0.2) is 60.7 Å². The van der Waals surface area contributed by atoms with Crippen molar-refractivity contribution < 1.29 is 33.6 Å². The van der Waals surface area contributed by atoms with Crippen LogP contribution in [0.4, 0.5) is 4.79 Å². The van der Waals surface area contributed by atoms with Crippen LogP contribution < -0.4 is 16.0 Å². The Morgan fingerprint density at radius 2 is 1.51 bits per heavy atom. The first-order valence-corrected chi connectivity index (χ1v) is 17.1. The zero-order chi connectivity index (χ0) is 35.5. The second-order valence-electron chi connectivity index (χ2n) is 13.0. The maximum Gasteiger partial charge on any atom is 0.327 e. The molecule has 0 aromatic heterocycles. The minimum atomic E-state index is -1.25. The predicted octanol–water partition coefficient (Wildman–Crippen LogP) is 3.45. The summed E-state index contributed by atoms with van der Waals surface area (Å²) in [6.07, 6.45) is 5.43. The average molecular weight is 674 g/mol. The Balaban J connectivity index is 1.44. The minimum absolute atomic E-state index is 0.0686. The van der Waals surface area contributed by atoms with Crippen molar-refractivity contribution in [3.05, 3.63) is 71.8 Å². The zero-order valence-electron chi connectivity index (χ0n) is 28.5. The molecule has 1 aliphatic carbocycles. The third kappa shape index (κ3) is 9.61. The van der Waals surface area contributed by atoms with Gasteiger partial charge in [-0.3, -0.25) is 28.8 Å². The summed E-state index contributed by atoms with van der Waals surface area (Å²) in [5.41, 5.74) is 1.41. The van der Waals surface area contributed by atoms with Crippen LogP contribution in [0, 0.1) is 11.8 Å². The normalized spacial score (nSPS) is 18.3. The summed E-state index contributed by atoms with van der Waals surface area (Å²) < 4.78 is 0. The number of ketones is 2. The molecule has 4 atom stereocenters. The maximum atomic E-state index is 13.9. The highest BCUT2D eigenvalue weighted by molar-refractivity contribution is 6.38. The van der Waals surface area contributed by atoms with E-state index in [0.717, 1.165) is 42.6 Å². The molecule has 2 aromatic carbocycles. The maximum absolute atomic E-state index is 13.9. The molecular weight excluding hydrogens is 626 g/mol. The first-order chi connectivity index (χ1) is 23.5. The second-order valence-corrected chi connectivity index (χ2v) is 13.0. The van der Waals surface area contributed by atoms with Crippen LogP contribution in [0.1, 0.15) is 82.9 Å². The molecular formula is C37H47N5O7. The fraction of sp³-hybridized carbons (Fsp3) is 0.486. The molecule has 3 unspecified atom stereocenters. The van der Waals surface area contributed by atoms with E-state index in [4.69, 9.17) is 0 Å². The highest BCUT2D eigenvalue weighted by atomic mass is 16.2. The van der Waals surface area contributed by atoms with E-state index in [-0.39, 0.29) is 31.2 Å². The SMILES string of the molecule is CCCC(NC(=O)C1CN(Cc2ccccc2)C(=O)N1C(=O)C(C)C1CCCCC1)C(=O)C(=O)NCC(=O)N[C@H](C(C)=O)c1ccccc1. The van der Waals surface area contributed by atoms with Gasteiger partial charge in [0.05, 0.1) is 19.1 Å². The van der Waals surface area contributed by atoms with Gasteiger partial charge in [0, 0.05) is 12.5 Å². The van der Waals surface area contributed by atoms with E-state index < -0.39 is 66.0 Å². The molecule has 12 heteroatoms. The van der Waals surface area contributed by atoms with Crippen molar-refractivity contribution in [1.82, 2.24) is 25.8 Å². The van der Waals surface area contributed by atoms with E-state index in [0.29, 0.717) is 12.0 Å². The standard InChI is InChI=1S/C37H47N5O7/c1-4-14-29(33(45)35(47)38-21-31(44)40-32(25(3)43)28-19-12-7-13-20-28)39-34(46)30-23-41(22-26-15-8-5-9-16-26)37(49)42(30)36(48)24(2)27-17-10-6-11-18-27/h5,7-9,12-13,15-16,19-20,24,27,29-30,32H,4,6,10-11,14,17-18,21-23H2,1-3H3,(H,38,47)(H,39,46)(H,40,44)/t24?,29?,30?,32-/m1/s1. The molecule has 1 saturated heterocycles. The van der Waals surface area contributed by atoms with Crippen molar-refractivity contribution in [2.24, 2.45) is 11.8 Å². The fourth-order valence-corrected chi connectivity index (χ4v) is 6.60. The van der Waals surface area contributed by atoms with Gasteiger partial charge in [-0.2, -0.15) is 0 Å². The van der Waals surface area contributed by atoms with Gasteiger partial charge in [-0.1, -0.05) is 100 Å². The second kappa shape index (κ2) is 17.5. The van der Waals surface area contributed by atoms with Crippen molar-refractivity contribution in [3.63, 3.8) is 0 Å². The van der Waals surface area contributed by atoms with Gasteiger partial charge in [-0.15, -0.1) is 0 Å². The Hall–Kier alpha value is -4.87. The number of amides is 6. The third-order valence-corrected chi connectivity index (χ3v) is 9.37. The Labute approximate surface area is 287 Å². The number of nitrogens with zero attached hydrogens (tertiary/aromatic N) is 2. The number of carbonyl (C=O) groups excluding carboxylic acids is 7. The Kier molecular flexibility index (Phi) is 13.2. The van der Waals surface area contributed by atoms with Crippen LogP contribution in [0.25, 0.3) is 0 Å². The molecule has 0 bridgehead atoms.